The molecule has 2 rings (SSSR count). The van der Waals surface area contributed by atoms with Crippen LogP contribution < -0.4 is 4.90 Å². The molecule has 1 aromatic carbocycles. The molecule has 1 nitrogen and oxygen atoms in total. The van der Waals surface area contributed by atoms with Gasteiger partial charge in [0.2, 0.25) is 0 Å². The quantitative estimate of drug-likeness (QED) is 0.616. The number of alkyl halides is 1. The van der Waals surface area contributed by atoms with Crippen molar-refractivity contribution in [1.29, 1.82) is 0 Å². The molecule has 12 heavy (non-hydrogen) atoms. The Balaban J connectivity index is 2.11. The first-order chi connectivity index (χ1) is 5.86. The maximum atomic E-state index is 12.8. The third kappa shape index (κ3) is 1.42. The number of hydrogen-bond acceptors (Lipinski definition) is 1. The van der Waals surface area contributed by atoms with E-state index in [1.54, 1.807) is 0 Å². The van der Waals surface area contributed by atoms with Crippen molar-refractivity contribution >= 4 is 5.69 Å². The van der Waals surface area contributed by atoms with Gasteiger partial charge in [0, 0.05) is 18.8 Å². The van der Waals surface area contributed by atoms with Gasteiger partial charge in [-0.1, -0.05) is 18.2 Å². The summed E-state index contributed by atoms with van der Waals surface area (Å²) in [5, 5.41) is 0. The smallest absolute Gasteiger partial charge is 0.119 e. The summed E-state index contributed by atoms with van der Waals surface area (Å²) in [6, 6.07) is 10.0. The minimum atomic E-state index is -0.634. The van der Waals surface area contributed by atoms with Gasteiger partial charge in [-0.2, -0.15) is 0 Å². The summed E-state index contributed by atoms with van der Waals surface area (Å²) in [6.07, 6.45) is 0.0414. The van der Waals surface area contributed by atoms with Crippen LogP contribution in [-0.4, -0.2) is 19.3 Å². The number of rotatable bonds is 1. The molecule has 1 atom stereocenters. The third-order valence-electron chi connectivity index (χ3n) is 2.25. The second kappa shape index (κ2) is 3.13. The Morgan fingerprint density at radius 2 is 2.00 bits per heavy atom. The van der Waals surface area contributed by atoms with Crippen LogP contribution in [0.4, 0.5) is 10.1 Å². The van der Waals surface area contributed by atoms with Gasteiger partial charge in [-0.3, -0.25) is 0 Å². The third-order valence-corrected chi connectivity index (χ3v) is 2.25. The molecule has 1 fully saturated rings. The van der Waals surface area contributed by atoms with E-state index in [-0.39, 0.29) is 0 Å². The lowest BCUT2D eigenvalue weighted by molar-refractivity contribution is 0.364. The first-order valence-corrected chi connectivity index (χ1v) is 4.30. The molecule has 1 aliphatic heterocycles. The molecule has 0 bridgehead atoms. The average Bonchev–Trinajstić information content (AvgIpc) is 2.54. The van der Waals surface area contributed by atoms with Crippen molar-refractivity contribution in [2.45, 2.75) is 12.6 Å². The lowest BCUT2D eigenvalue weighted by Crippen LogP contribution is -2.19. The topological polar surface area (TPSA) is 3.24 Å². The molecular formula is C10H12FN. The van der Waals surface area contributed by atoms with E-state index < -0.39 is 6.17 Å². The van der Waals surface area contributed by atoms with Crippen LogP contribution in [0.2, 0.25) is 0 Å². The minimum Gasteiger partial charge on any atom is -0.369 e. The van der Waals surface area contributed by atoms with Crippen molar-refractivity contribution in [1.82, 2.24) is 0 Å². The van der Waals surface area contributed by atoms with Gasteiger partial charge in [0.25, 0.3) is 0 Å². The van der Waals surface area contributed by atoms with Crippen LogP contribution >= 0.6 is 0 Å². The lowest BCUT2D eigenvalue weighted by atomic mass is 10.3. The predicted molar refractivity (Wildman–Crippen MR) is 48.2 cm³/mol. The molecule has 0 spiro atoms. The number of anilines is 1. The summed E-state index contributed by atoms with van der Waals surface area (Å²) in [6.45, 7) is 1.41. The standard InChI is InChI=1S/C10H12FN/c11-9-6-7-12(8-9)10-4-2-1-3-5-10/h1-5,9H,6-8H2/t9-/m1/s1. The fourth-order valence-corrected chi connectivity index (χ4v) is 1.59. The fraction of sp³-hybridized carbons (Fsp3) is 0.400. The highest BCUT2D eigenvalue weighted by molar-refractivity contribution is 5.46. The van der Waals surface area contributed by atoms with Gasteiger partial charge in [-0.05, 0) is 18.6 Å². The van der Waals surface area contributed by atoms with Gasteiger partial charge in [0.05, 0.1) is 0 Å². The largest absolute Gasteiger partial charge is 0.369 e. The van der Waals surface area contributed by atoms with Crippen LogP contribution in [0.3, 0.4) is 0 Å². The van der Waals surface area contributed by atoms with Gasteiger partial charge >= 0.3 is 0 Å². The Bertz CT molecular complexity index is 247. The van der Waals surface area contributed by atoms with Crippen molar-refractivity contribution < 1.29 is 4.39 Å². The van der Waals surface area contributed by atoms with E-state index in [4.69, 9.17) is 0 Å². The van der Waals surface area contributed by atoms with Crippen LogP contribution in [0.1, 0.15) is 6.42 Å². The maximum Gasteiger partial charge on any atom is 0.119 e. The molecule has 0 amide bonds. The van der Waals surface area contributed by atoms with Crippen LogP contribution in [0.5, 0.6) is 0 Å². The maximum absolute atomic E-state index is 12.8. The summed E-state index contributed by atoms with van der Waals surface area (Å²) in [5.74, 6) is 0. The first-order valence-electron chi connectivity index (χ1n) is 4.30. The normalized spacial score (nSPS) is 23.1. The van der Waals surface area contributed by atoms with Gasteiger partial charge in [0.15, 0.2) is 0 Å². The molecule has 0 aliphatic carbocycles. The summed E-state index contributed by atoms with van der Waals surface area (Å²) < 4.78 is 12.8. The Morgan fingerprint density at radius 3 is 2.58 bits per heavy atom. The molecule has 0 radical (unpaired) electrons. The van der Waals surface area contributed by atoms with Gasteiger partial charge < -0.3 is 4.90 Å². The second-order valence-electron chi connectivity index (χ2n) is 3.17. The van der Waals surface area contributed by atoms with E-state index in [0.717, 1.165) is 12.2 Å². The number of para-hydroxylation sites is 1. The summed E-state index contributed by atoms with van der Waals surface area (Å²) in [4.78, 5) is 2.09. The highest BCUT2D eigenvalue weighted by atomic mass is 19.1. The monoisotopic (exact) mass is 165 g/mol. The van der Waals surface area contributed by atoms with Crippen LogP contribution in [0.15, 0.2) is 30.3 Å². The van der Waals surface area contributed by atoms with E-state index in [1.807, 2.05) is 30.3 Å². The zero-order valence-corrected chi connectivity index (χ0v) is 6.91. The highest BCUT2D eigenvalue weighted by Gasteiger charge is 2.21. The first kappa shape index (κ1) is 7.59. The summed E-state index contributed by atoms with van der Waals surface area (Å²) in [7, 11) is 0. The van der Waals surface area contributed by atoms with Crippen LogP contribution in [0, 0.1) is 0 Å². The molecule has 0 saturated carbocycles. The molecule has 0 N–H and O–H groups in total. The number of nitrogens with zero attached hydrogens (tertiary/aromatic N) is 1. The minimum absolute atomic E-state index is 0.560. The summed E-state index contributed by atoms with van der Waals surface area (Å²) >= 11 is 0. The second-order valence-corrected chi connectivity index (χ2v) is 3.17. The molecule has 1 aliphatic rings. The highest BCUT2D eigenvalue weighted by Crippen LogP contribution is 2.20. The van der Waals surface area contributed by atoms with Crippen molar-refractivity contribution in [2.24, 2.45) is 0 Å². The molecular weight excluding hydrogens is 153 g/mol. The van der Waals surface area contributed by atoms with Crippen molar-refractivity contribution in [3.05, 3.63) is 30.3 Å². The molecule has 0 unspecified atom stereocenters. The van der Waals surface area contributed by atoms with E-state index in [1.165, 1.54) is 0 Å². The van der Waals surface area contributed by atoms with Crippen molar-refractivity contribution in [3.63, 3.8) is 0 Å². The van der Waals surface area contributed by atoms with Gasteiger partial charge in [-0.25, -0.2) is 4.39 Å². The molecule has 1 aromatic rings. The van der Waals surface area contributed by atoms with Crippen molar-refractivity contribution in [3.8, 4) is 0 Å². The van der Waals surface area contributed by atoms with Gasteiger partial charge in [0.1, 0.15) is 6.17 Å². The molecule has 2 heteroatoms. The SMILES string of the molecule is F[C@@H]1CCN(c2ccccc2)C1. The number of halogens is 1. The zero-order valence-electron chi connectivity index (χ0n) is 6.91. The van der Waals surface area contributed by atoms with Crippen LogP contribution in [-0.2, 0) is 0 Å². The van der Waals surface area contributed by atoms with Crippen molar-refractivity contribution in [2.75, 3.05) is 18.0 Å². The van der Waals surface area contributed by atoms with E-state index in [9.17, 15) is 4.39 Å². The Morgan fingerprint density at radius 1 is 1.25 bits per heavy atom. The zero-order chi connectivity index (χ0) is 8.39. The van der Waals surface area contributed by atoms with E-state index >= 15 is 0 Å². The fourth-order valence-electron chi connectivity index (χ4n) is 1.59. The summed E-state index contributed by atoms with van der Waals surface area (Å²) in [5.41, 5.74) is 1.14. The molecule has 0 aromatic heterocycles. The lowest BCUT2D eigenvalue weighted by Gasteiger charge is -2.16. The Kier molecular flexibility index (Phi) is 1.98. The van der Waals surface area contributed by atoms with Gasteiger partial charge in [-0.15, -0.1) is 0 Å². The van der Waals surface area contributed by atoms with Crippen LogP contribution in [0.25, 0.3) is 0 Å². The molecule has 1 saturated heterocycles. The predicted octanol–water partition coefficient (Wildman–Crippen LogP) is 2.23. The molecule has 64 valence electrons. The molecule has 1 heterocycles. The average molecular weight is 165 g/mol. The Hall–Kier alpha value is -1.05. The van der Waals surface area contributed by atoms with E-state index in [2.05, 4.69) is 4.90 Å². The Labute approximate surface area is 71.8 Å². The number of hydrogen-bond donors (Lipinski definition) is 0. The van der Waals surface area contributed by atoms with E-state index in [0.29, 0.717) is 13.0 Å². The number of benzene rings is 1.